The van der Waals surface area contributed by atoms with Crippen LogP contribution in [0.2, 0.25) is 5.02 Å². The number of hydrogen-bond donors (Lipinski definition) is 1. The zero-order valence-electron chi connectivity index (χ0n) is 17.2. The summed E-state index contributed by atoms with van der Waals surface area (Å²) in [6, 6.07) is 29.1. The fourth-order valence-electron chi connectivity index (χ4n) is 3.66. The van der Waals surface area contributed by atoms with Crippen molar-refractivity contribution in [1.29, 1.82) is 0 Å². The summed E-state index contributed by atoms with van der Waals surface area (Å²) in [5, 5.41) is 6.84. The van der Waals surface area contributed by atoms with Crippen LogP contribution in [0.3, 0.4) is 0 Å². The summed E-state index contributed by atoms with van der Waals surface area (Å²) in [6.45, 7) is 4.35. The van der Waals surface area contributed by atoms with Gasteiger partial charge in [0.05, 0.1) is 0 Å². The van der Waals surface area contributed by atoms with Crippen molar-refractivity contribution in [1.82, 2.24) is 5.32 Å². The van der Waals surface area contributed by atoms with E-state index in [9.17, 15) is 0 Å². The summed E-state index contributed by atoms with van der Waals surface area (Å²) >= 11 is 5.98. The van der Waals surface area contributed by atoms with Crippen molar-refractivity contribution in [2.75, 3.05) is 6.54 Å². The van der Waals surface area contributed by atoms with Crippen molar-refractivity contribution in [2.45, 2.75) is 26.5 Å². The molecule has 0 atom stereocenters. The van der Waals surface area contributed by atoms with Crippen LogP contribution >= 0.6 is 11.6 Å². The molecule has 0 saturated heterocycles. The van der Waals surface area contributed by atoms with Crippen LogP contribution in [0.25, 0.3) is 10.8 Å². The van der Waals surface area contributed by atoms with Gasteiger partial charge in [-0.15, -0.1) is 0 Å². The topological polar surface area (TPSA) is 21.3 Å². The Morgan fingerprint density at radius 3 is 2.43 bits per heavy atom. The Bertz CT molecular complexity index is 1120. The molecule has 0 unspecified atom stereocenters. The minimum atomic E-state index is 0.572. The van der Waals surface area contributed by atoms with Crippen LogP contribution in [0, 0.1) is 6.92 Å². The number of benzene rings is 4. The molecule has 0 aliphatic rings. The number of halogens is 1. The van der Waals surface area contributed by atoms with Gasteiger partial charge in [-0.2, -0.15) is 0 Å². The minimum absolute atomic E-state index is 0.572. The predicted octanol–water partition coefficient (Wildman–Crippen LogP) is 6.71. The Hall–Kier alpha value is -2.81. The largest absolute Gasteiger partial charge is 0.489 e. The lowest BCUT2D eigenvalue weighted by atomic mass is 10.0. The molecule has 152 valence electrons. The second-order valence-electron chi connectivity index (χ2n) is 7.53. The molecular formula is C27H26ClNO. The van der Waals surface area contributed by atoms with E-state index in [-0.39, 0.29) is 0 Å². The average molecular weight is 416 g/mol. The maximum absolute atomic E-state index is 6.29. The molecule has 3 heteroatoms. The number of rotatable bonds is 8. The summed E-state index contributed by atoms with van der Waals surface area (Å²) in [4.78, 5) is 0. The number of nitrogens with one attached hydrogen (secondary N) is 1. The molecule has 0 amide bonds. The summed E-state index contributed by atoms with van der Waals surface area (Å²) in [5.41, 5.74) is 4.95. The van der Waals surface area contributed by atoms with Gasteiger partial charge in [0.2, 0.25) is 0 Å². The average Bonchev–Trinajstić information content (AvgIpc) is 2.78. The van der Waals surface area contributed by atoms with Crippen LogP contribution in [0.15, 0.2) is 84.9 Å². The van der Waals surface area contributed by atoms with Crippen LogP contribution < -0.4 is 10.1 Å². The fourth-order valence-corrected chi connectivity index (χ4v) is 3.78. The number of ether oxygens (including phenoxy) is 1. The Labute approximate surface area is 183 Å². The predicted molar refractivity (Wildman–Crippen MR) is 126 cm³/mol. The Kier molecular flexibility index (Phi) is 6.68. The highest BCUT2D eigenvalue weighted by atomic mass is 35.5. The molecule has 0 heterocycles. The highest BCUT2D eigenvalue weighted by Gasteiger charge is 2.10. The van der Waals surface area contributed by atoms with Crippen LogP contribution in [-0.2, 0) is 19.6 Å². The van der Waals surface area contributed by atoms with Crippen molar-refractivity contribution in [3.05, 3.63) is 112 Å². The van der Waals surface area contributed by atoms with Gasteiger partial charge in [-0.3, -0.25) is 0 Å². The van der Waals surface area contributed by atoms with Crippen molar-refractivity contribution < 1.29 is 4.74 Å². The number of aryl methyl sites for hydroxylation is 1. The van der Waals surface area contributed by atoms with E-state index in [1.165, 1.54) is 33.0 Å². The third-order valence-corrected chi connectivity index (χ3v) is 5.70. The Morgan fingerprint density at radius 1 is 0.833 bits per heavy atom. The molecule has 0 aliphatic carbocycles. The SMILES string of the molecule is Cc1ccccc1COc1ccc2ccccc2c1CNCCc1ccc(Cl)cc1. The molecule has 0 radical (unpaired) electrons. The summed E-state index contributed by atoms with van der Waals surface area (Å²) in [5.74, 6) is 0.941. The second kappa shape index (κ2) is 9.80. The van der Waals surface area contributed by atoms with E-state index in [1.54, 1.807) is 0 Å². The van der Waals surface area contributed by atoms with E-state index in [1.807, 2.05) is 12.1 Å². The van der Waals surface area contributed by atoms with Gasteiger partial charge in [0.1, 0.15) is 12.4 Å². The summed E-state index contributed by atoms with van der Waals surface area (Å²) in [6.07, 6.45) is 0.960. The monoisotopic (exact) mass is 415 g/mol. The van der Waals surface area contributed by atoms with Crippen LogP contribution in [0.5, 0.6) is 5.75 Å². The van der Waals surface area contributed by atoms with Gasteiger partial charge in [-0.1, -0.05) is 78.3 Å². The van der Waals surface area contributed by atoms with E-state index in [4.69, 9.17) is 16.3 Å². The molecule has 0 aromatic heterocycles. The molecule has 4 aromatic rings. The smallest absolute Gasteiger partial charge is 0.124 e. The van der Waals surface area contributed by atoms with Gasteiger partial charge in [0.15, 0.2) is 0 Å². The van der Waals surface area contributed by atoms with Crippen molar-refractivity contribution in [2.24, 2.45) is 0 Å². The van der Waals surface area contributed by atoms with Gasteiger partial charge in [0, 0.05) is 17.1 Å². The number of fused-ring (bicyclic) bond motifs is 1. The molecule has 0 bridgehead atoms. The van der Waals surface area contributed by atoms with Crippen molar-refractivity contribution in [3.8, 4) is 5.75 Å². The lowest BCUT2D eigenvalue weighted by molar-refractivity contribution is 0.302. The van der Waals surface area contributed by atoms with Gasteiger partial charge in [-0.25, -0.2) is 0 Å². The molecular weight excluding hydrogens is 390 g/mol. The fraction of sp³-hybridized carbons (Fsp3) is 0.185. The third kappa shape index (κ3) is 5.02. The molecule has 4 aromatic carbocycles. The first-order valence-corrected chi connectivity index (χ1v) is 10.7. The first kappa shape index (κ1) is 20.5. The highest BCUT2D eigenvalue weighted by molar-refractivity contribution is 6.30. The molecule has 0 fully saturated rings. The second-order valence-corrected chi connectivity index (χ2v) is 7.97. The van der Waals surface area contributed by atoms with Crippen molar-refractivity contribution >= 4 is 22.4 Å². The minimum Gasteiger partial charge on any atom is -0.489 e. The summed E-state index contributed by atoms with van der Waals surface area (Å²) in [7, 11) is 0. The molecule has 0 spiro atoms. The molecule has 4 rings (SSSR count). The highest BCUT2D eigenvalue weighted by Crippen LogP contribution is 2.29. The quantitative estimate of drug-likeness (QED) is 0.323. The first-order chi connectivity index (χ1) is 14.7. The summed E-state index contributed by atoms with van der Waals surface area (Å²) < 4.78 is 6.29. The lowest BCUT2D eigenvalue weighted by Gasteiger charge is -2.16. The number of hydrogen-bond acceptors (Lipinski definition) is 2. The first-order valence-electron chi connectivity index (χ1n) is 10.3. The Balaban J connectivity index is 1.48. The maximum atomic E-state index is 6.29. The van der Waals surface area contributed by atoms with Crippen LogP contribution in [0.1, 0.15) is 22.3 Å². The van der Waals surface area contributed by atoms with Crippen LogP contribution in [0.4, 0.5) is 0 Å². The Morgan fingerprint density at radius 2 is 1.60 bits per heavy atom. The normalized spacial score (nSPS) is 11.0. The van der Waals surface area contributed by atoms with E-state index < -0.39 is 0 Å². The maximum Gasteiger partial charge on any atom is 0.124 e. The van der Waals surface area contributed by atoms with Gasteiger partial charge < -0.3 is 10.1 Å². The van der Waals surface area contributed by atoms with Gasteiger partial charge >= 0.3 is 0 Å². The van der Waals surface area contributed by atoms with Crippen molar-refractivity contribution in [3.63, 3.8) is 0 Å². The standard InChI is InChI=1S/C27H26ClNO/c1-20-6-2-3-8-23(20)19-30-27-15-12-22-7-4-5-9-25(22)26(27)18-29-17-16-21-10-13-24(28)14-11-21/h2-15,29H,16-19H2,1H3. The molecule has 0 saturated carbocycles. The molecule has 30 heavy (non-hydrogen) atoms. The van der Waals surface area contributed by atoms with Crippen LogP contribution in [-0.4, -0.2) is 6.54 Å². The zero-order chi connectivity index (χ0) is 20.8. The third-order valence-electron chi connectivity index (χ3n) is 5.45. The van der Waals surface area contributed by atoms with Gasteiger partial charge in [-0.05, 0) is 65.6 Å². The van der Waals surface area contributed by atoms with E-state index in [0.717, 1.165) is 30.3 Å². The zero-order valence-corrected chi connectivity index (χ0v) is 18.0. The lowest BCUT2D eigenvalue weighted by Crippen LogP contribution is -2.17. The van der Waals surface area contributed by atoms with E-state index in [0.29, 0.717) is 6.61 Å². The molecule has 0 aliphatic heterocycles. The van der Waals surface area contributed by atoms with Gasteiger partial charge in [0.25, 0.3) is 0 Å². The molecule has 2 nitrogen and oxygen atoms in total. The van der Waals surface area contributed by atoms with E-state index >= 15 is 0 Å². The molecule has 1 N–H and O–H groups in total. The van der Waals surface area contributed by atoms with E-state index in [2.05, 4.69) is 85.0 Å².